The molecule has 0 aliphatic carbocycles. The Morgan fingerprint density at radius 3 is 2.70 bits per heavy atom. The topological polar surface area (TPSA) is 76.8 Å². The minimum absolute atomic E-state index is 0.106. The normalized spacial score (nSPS) is 22.7. The summed E-state index contributed by atoms with van der Waals surface area (Å²) in [5.41, 5.74) is 2.16. The first-order valence-electron chi connectivity index (χ1n) is 7.55. The van der Waals surface area contributed by atoms with E-state index in [-0.39, 0.29) is 12.0 Å². The van der Waals surface area contributed by atoms with Crippen LogP contribution in [0.5, 0.6) is 0 Å². The number of nitrogens with one attached hydrogen (secondary N) is 1. The van der Waals surface area contributed by atoms with E-state index in [0.717, 1.165) is 45.4 Å². The van der Waals surface area contributed by atoms with E-state index in [1.807, 2.05) is 0 Å². The molecule has 0 aromatic carbocycles. The van der Waals surface area contributed by atoms with Gasteiger partial charge >= 0.3 is 0 Å². The van der Waals surface area contributed by atoms with Crippen molar-refractivity contribution in [2.45, 2.75) is 57.8 Å². The lowest BCUT2D eigenvalue weighted by Gasteiger charge is -2.32. The molecule has 2 unspecified atom stereocenters. The number of methoxy groups -OCH3 is 1. The maximum absolute atomic E-state index is 11.5. The van der Waals surface area contributed by atoms with E-state index < -0.39 is 6.10 Å². The molecule has 0 saturated carbocycles. The van der Waals surface area contributed by atoms with Crippen molar-refractivity contribution in [3.63, 3.8) is 0 Å². The van der Waals surface area contributed by atoms with Crippen LogP contribution >= 0.6 is 0 Å². The number of ether oxygens (including phenoxy) is 2. The van der Waals surface area contributed by atoms with Crippen molar-refractivity contribution >= 4 is 5.91 Å². The van der Waals surface area contributed by atoms with Crippen LogP contribution in [0.15, 0.2) is 0 Å². The van der Waals surface area contributed by atoms with E-state index in [0.29, 0.717) is 6.04 Å². The van der Waals surface area contributed by atoms with Gasteiger partial charge in [-0.2, -0.15) is 0 Å². The van der Waals surface area contributed by atoms with Crippen LogP contribution in [0, 0.1) is 0 Å². The second kappa shape index (κ2) is 9.28. The predicted octanol–water partition coefficient (Wildman–Crippen LogP) is 0.661. The summed E-state index contributed by atoms with van der Waals surface area (Å²) in [4.78, 5) is 13.9. The molecule has 0 bridgehead atoms. The summed E-state index contributed by atoms with van der Waals surface area (Å²) in [6.45, 7) is 6.87. The lowest BCUT2D eigenvalue weighted by molar-refractivity contribution is -0.132. The minimum Gasteiger partial charge on any atom is -0.383 e. The molecule has 1 fully saturated rings. The third kappa shape index (κ3) is 5.01. The second-order valence-corrected chi connectivity index (χ2v) is 5.29. The molecule has 6 nitrogen and oxygen atoms in total. The Morgan fingerprint density at radius 1 is 1.45 bits per heavy atom. The highest BCUT2D eigenvalue weighted by molar-refractivity contribution is 5.80. The summed E-state index contributed by atoms with van der Waals surface area (Å²) in [7, 11) is 1.72. The van der Waals surface area contributed by atoms with Gasteiger partial charge in [0.2, 0.25) is 0 Å². The zero-order chi connectivity index (χ0) is 15.0. The molecule has 118 valence electrons. The molecule has 6 heteroatoms. The first-order valence-corrected chi connectivity index (χ1v) is 7.55. The van der Waals surface area contributed by atoms with Gasteiger partial charge in [-0.25, -0.2) is 5.84 Å². The van der Waals surface area contributed by atoms with Crippen molar-refractivity contribution in [3.05, 3.63) is 0 Å². The zero-order valence-corrected chi connectivity index (χ0v) is 12.9. The largest absolute Gasteiger partial charge is 0.383 e. The fourth-order valence-corrected chi connectivity index (χ4v) is 2.82. The number of nitrogens with zero attached hydrogens (tertiary/aromatic N) is 1. The zero-order valence-electron chi connectivity index (χ0n) is 12.9. The molecule has 1 amide bonds. The van der Waals surface area contributed by atoms with Gasteiger partial charge in [0.15, 0.2) is 0 Å². The number of nitrogens with two attached hydrogens (primary N) is 1. The lowest BCUT2D eigenvalue weighted by atomic mass is 10.1. The number of carbonyl (C=O) groups excluding carboxylic acids is 1. The SMILES string of the molecule is CCC(CC)N(CCOC)CC1CCC(C(=O)NN)O1. The van der Waals surface area contributed by atoms with E-state index in [9.17, 15) is 4.79 Å². The number of carbonyl (C=O) groups is 1. The maximum Gasteiger partial charge on any atom is 0.263 e. The molecule has 1 heterocycles. The molecule has 2 atom stereocenters. The minimum atomic E-state index is -0.393. The summed E-state index contributed by atoms with van der Waals surface area (Å²) < 4.78 is 11.0. The third-order valence-corrected chi connectivity index (χ3v) is 4.02. The Hall–Kier alpha value is -0.690. The number of amides is 1. The van der Waals surface area contributed by atoms with Gasteiger partial charge in [-0.1, -0.05) is 13.8 Å². The summed E-state index contributed by atoms with van der Waals surface area (Å²) in [5, 5.41) is 0. The molecule has 1 aliphatic rings. The van der Waals surface area contributed by atoms with Gasteiger partial charge in [-0.15, -0.1) is 0 Å². The summed E-state index contributed by atoms with van der Waals surface area (Å²) >= 11 is 0. The molecule has 1 saturated heterocycles. The van der Waals surface area contributed by atoms with Gasteiger partial charge in [0.05, 0.1) is 12.7 Å². The van der Waals surface area contributed by atoms with Gasteiger partial charge < -0.3 is 9.47 Å². The van der Waals surface area contributed by atoms with Crippen molar-refractivity contribution in [2.24, 2.45) is 5.84 Å². The Balaban J connectivity index is 2.50. The van der Waals surface area contributed by atoms with Gasteiger partial charge in [0, 0.05) is 26.2 Å². The van der Waals surface area contributed by atoms with E-state index >= 15 is 0 Å². The average molecular weight is 287 g/mol. The second-order valence-electron chi connectivity index (χ2n) is 5.29. The van der Waals surface area contributed by atoms with Crippen molar-refractivity contribution in [2.75, 3.05) is 26.8 Å². The van der Waals surface area contributed by atoms with Crippen molar-refractivity contribution in [3.8, 4) is 0 Å². The molecular formula is C14H29N3O3. The standard InChI is InChI=1S/C14H29N3O3/c1-4-11(5-2)17(8-9-19-3)10-12-6-7-13(20-12)14(18)16-15/h11-13H,4-10,15H2,1-3H3,(H,16,18). The predicted molar refractivity (Wildman–Crippen MR) is 78.0 cm³/mol. The highest BCUT2D eigenvalue weighted by atomic mass is 16.5. The van der Waals surface area contributed by atoms with E-state index in [2.05, 4.69) is 24.2 Å². The van der Waals surface area contributed by atoms with Gasteiger partial charge in [0.25, 0.3) is 5.91 Å². The first kappa shape index (κ1) is 17.4. The Labute approximate surface area is 121 Å². The molecular weight excluding hydrogens is 258 g/mol. The number of rotatable bonds is 9. The molecule has 20 heavy (non-hydrogen) atoms. The summed E-state index contributed by atoms with van der Waals surface area (Å²) in [6.07, 6.45) is 3.58. The first-order chi connectivity index (χ1) is 9.65. The van der Waals surface area contributed by atoms with Crippen LogP contribution in [0.2, 0.25) is 0 Å². The molecule has 0 spiro atoms. The molecule has 1 aliphatic heterocycles. The van der Waals surface area contributed by atoms with Crippen LogP contribution in [0.4, 0.5) is 0 Å². The van der Waals surface area contributed by atoms with Crippen LogP contribution in [-0.2, 0) is 14.3 Å². The molecule has 0 radical (unpaired) electrons. The van der Waals surface area contributed by atoms with Crippen molar-refractivity contribution in [1.29, 1.82) is 0 Å². The third-order valence-electron chi connectivity index (χ3n) is 4.02. The fraction of sp³-hybridized carbons (Fsp3) is 0.929. The fourth-order valence-electron chi connectivity index (χ4n) is 2.82. The maximum atomic E-state index is 11.5. The average Bonchev–Trinajstić information content (AvgIpc) is 2.93. The van der Waals surface area contributed by atoms with E-state index in [1.54, 1.807) is 7.11 Å². The van der Waals surface area contributed by atoms with Gasteiger partial charge in [0.1, 0.15) is 6.10 Å². The Morgan fingerprint density at radius 2 is 2.15 bits per heavy atom. The van der Waals surface area contributed by atoms with Gasteiger partial charge in [-0.05, 0) is 25.7 Å². The highest BCUT2D eigenvalue weighted by Gasteiger charge is 2.32. The van der Waals surface area contributed by atoms with Crippen molar-refractivity contribution in [1.82, 2.24) is 10.3 Å². The molecule has 1 rings (SSSR count). The number of hydrogen-bond donors (Lipinski definition) is 2. The van der Waals surface area contributed by atoms with Crippen LogP contribution in [0.3, 0.4) is 0 Å². The number of hydrogen-bond acceptors (Lipinski definition) is 5. The van der Waals surface area contributed by atoms with E-state index in [4.69, 9.17) is 15.3 Å². The number of hydrazine groups is 1. The van der Waals surface area contributed by atoms with Crippen LogP contribution < -0.4 is 11.3 Å². The molecule has 3 N–H and O–H groups in total. The van der Waals surface area contributed by atoms with Crippen LogP contribution in [0.25, 0.3) is 0 Å². The highest BCUT2D eigenvalue weighted by Crippen LogP contribution is 2.22. The van der Waals surface area contributed by atoms with Crippen molar-refractivity contribution < 1.29 is 14.3 Å². The van der Waals surface area contributed by atoms with Gasteiger partial charge in [-0.3, -0.25) is 15.1 Å². The van der Waals surface area contributed by atoms with Crippen LogP contribution in [-0.4, -0.2) is 55.9 Å². The van der Waals surface area contributed by atoms with E-state index in [1.165, 1.54) is 0 Å². The smallest absolute Gasteiger partial charge is 0.263 e. The molecule has 0 aromatic heterocycles. The summed E-state index contributed by atoms with van der Waals surface area (Å²) in [6, 6.07) is 0.538. The monoisotopic (exact) mass is 287 g/mol. The quantitative estimate of drug-likeness (QED) is 0.370. The lowest BCUT2D eigenvalue weighted by Crippen LogP contribution is -2.43. The van der Waals surface area contributed by atoms with Crippen LogP contribution in [0.1, 0.15) is 39.5 Å². The molecule has 0 aromatic rings. The Bertz CT molecular complexity index is 285. The Kier molecular flexibility index (Phi) is 8.06. The summed E-state index contributed by atoms with van der Waals surface area (Å²) in [5.74, 6) is 4.93.